The number of benzene rings is 1. The second-order valence-corrected chi connectivity index (χ2v) is 5.30. The Labute approximate surface area is 120 Å². The van der Waals surface area contributed by atoms with Crippen molar-refractivity contribution in [1.82, 2.24) is 9.78 Å². The van der Waals surface area contributed by atoms with Crippen LogP contribution >= 0.6 is 0 Å². The Kier molecular flexibility index (Phi) is 3.49. The van der Waals surface area contributed by atoms with Gasteiger partial charge in [-0.05, 0) is 49.4 Å². The average Bonchev–Trinajstić information content (AvgIpc) is 2.90. The fraction of sp³-hybridized carbons (Fsp3) is 0.400. The standard InChI is InChI=1S/C15H16F3N3/c16-15(17,18)12-5-1-2-6-14(12)21-13-7-3-4-10(8-19)11(13)9-20-21/h1-2,5-6,9-10H,3-4,7-8,19H2. The maximum Gasteiger partial charge on any atom is 0.418 e. The van der Waals surface area contributed by atoms with E-state index in [-0.39, 0.29) is 11.6 Å². The number of nitrogens with zero attached hydrogens (tertiary/aromatic N) is 2. The Hall–Kier alpha value is -1.82. The molecule has 21 heavy (non-hydrogen) atoms. The van der Waals surface area contributed by atoms with Gasteiger partial charge in [0, 0.05) is 5.69 Å². The summed E-state index contributed by atoms with van der Waals surface area (Å²) in [6.45, 7) is 0.500. The Morgan fingerprint density at radius 1 is 1.29 bits per heavy atom. The zero-order chi connectivity index (χ0) is 15.0. The normalized spacial score (nSPS) is 18.6. The first-order valence-corrected chi connectivity index (χ1v) is 6.96. The van der Waals surface area contributed by atoms with E-state index in [4.69, 9.17) is 5.73 Å². The largest absolute Gasteiger partial charge is 0.418 e. The van der Waals surface area contributed by atoms with Crippen LogP contribution in [0.1, 0.15) is 35.6 Å². The monoisotopic (exact) mass is 295 g/mol. The molecule has 3 rings (SSSR count). The Bertz CT molecular complexity index is 646. The summed E-state index contributed by atoms with van der Waals surface area (Å²) in [6, 6.07) is 5.54. The summed E-state index contributed by atoms with van der Waals surface area (Å²) in [7, 11) is 0. The zero-order valence-electron chi connectivity index (χ0n) is 11.4. The Morgan fingerprint density at radius 3 is 2.76 bits per heavy atom. The third-order valence-corrected chi connectivity index (χ3v) is 4.03. The van der Waals surface area contributed by atoms with Crippen LogP contribution in [0, 0.1) is 0 Å². The van der Waals surface area contributed by atoms with Gasteiger partial charge in [0.25, 0.3) is 0 Å². The molecule has 0 fully saturated rings. The smallest absolute Gasteiger partial charge is 0.330 e. The number of nitrogens with two attached hydrogens (primary N) is 1. The molecule has 112 valence electrons. The van der Waals surface area contributed by atoms with Gasteiger partial charge >= 0.3 is 6.18 Å². The topological polar surface area (TPSA) is 43.8 Å². The van der Waals surface area contributed by atoms with E-state index >= 15 is 0 Å². The van der Waals surface area contributed by atoms with Crippen molar-refractivity contribution in [3.05, 3.63) is 47.3 Å². The van der Waals surface area contributed by atoms with Gasteiger partial charge < -0.3 is 5.73 Å². The lowest BCUT2D eigenvalue weighted by molar-refractivity contribution is -0.137. The van der Waals surface area contributed by atoms with Crippen LogP contribution in [-0.2, 0) is 12.6 Å². The van der Waals surface area contributed by atoms with Crippen LogP contribution < -0.4 is 5.73 Å². The summed E-state index contributed by atoms with van der Waals surface area (Å²) in [5, 5.41) is 4.20. The van der Waals surface area contributed by atoms with Crippen molar-refractivity contribution < 1.29 is 13.2 Å². The van der Waals surface area contributed by atoms with Gasteiger partial charge in [-0.2, -0.15) is 18.3 Å². The first-order chi connectivity index (χ1) is 10.0. The van der Waals surface area contributed by atoms with E-state index in [0.29, 0.717) is 6.54 Å². The quantitative estimate of drug-likeness (QED) is 0.924. The Balaban J connectivity index is 2.13. The highest BCUT2D eigenvalue weighted by atomic mass is 19.4. The van der Waals surface area contributed by atoms with Crippen molar-refractivity contribution in [1.29, 1.82) is 0 Å². The average molecular weight is 295 g/mol. The Morgan fingerprint density at radius 2 is 2.05 bits per heavy atom. The van der Waals surface area contributed by atoms with Crippen molar-refractivity contribution >= 4 is 0 Å². The molecule has 1 aliphatic rings. The number of alkyl halides is 3. The van der Waals surface area contributed by atoms with Crippen molar-refractivity contribution in [3.63, 3.8) is 0 Å². The van der Waals surface area contributed by atoms with Crippen LogP contribution in [-0.4, -0.2) is 16.3 Å². The molecule has 0 bridgehead atoms. The van der Waals surface area contributed by atoms with Crippen LogP contribution in [0.25, 0.3) is 5.69 Å². The summed E-state index contributed by atoms with van der Waals surface area (Å²) in [6.07, 6.45) is -0.0978. The molecule has 2 aromatic rings. The van der Waals surface area contributed by atoms with Crippen LogP contribution in [0.3, 0.4) is 0 Å². The molecule has 1 unspecified atom stereocenters. The van der Waals surface area contributed by atoms with E-state index in [2.05, 4.69) is 5.10 Å². The first-order valence-electron chi connectivity index (χ1n) is 6.96. The zero-order valence-corrected chi connectivity index (χ0v) is 11.4. The molecule has 0 spiro atoms. The van der Waals surface area contributed by atoms with Crippen LogP contribution in [0.2, 0.25) is 0 Å². The van der Waals surface area contributed by atoms with E-state index in [9.17, 15) is 13.2 Å². The summed E-state index contributed by atoms with van der Waals surface area (Å²) in [5.74, 6) is 0.195. The van der Waals surface area contributed by atoms with Crippen molar-refractivity contribution in [2.75, 3.05) is 6.54 Å². The molecule has 0 saturated carbocycles. The SMILES string of the molecule is NCC1CCCc2c1cnn2-c1ccccc1C(F)(F)F. The van der Waals surface area contributed by atoms with Crippen LogP contribution in [0.5, 0.6) is 0 Å². The molecule has 1 aromatic carbocycles. The molecule has 2 N–H and O–H groups in total. The number of halogens is 3. The van der Waals surface area contributed by atoms with Gasteiger partial charge in [-0.1, -0.05) is 12.1 Å². The van der Waals surface area contributed by atoms with Crippen molar-refractivity contribution in [2.24, 2.45) is 5.73 Å². The second-order valence-electron chi connectivity index (χ2n) is 5.30. The van der Waals surface area contributed by atoms with Crippen molar-refractivity contribution in [3.8, 4) is 5.69 Å². The molecular formula is C15H16F3N3. The van der Waals surface area contributed by atoms with Gasteiger partial charge in [0.05, 0.1) is 17.4 Å². The molecule has 1 aliphatic carbocycles. The van der Waals surface area contributed by atoms with Gasteiger partial charge in [-0.15, -0.1) is 0 Å². The molecule has 0 amide bonds. The van der Waals surface area contributed by atoms with E-state index in [1.807, 2.05) is 0 Å². The summed E-state index contributed by atoms with van der Waals surface area (Å²) in [4.78, 5) is 0. The van der Waals surface area contributed by atoms with Gasteiger partial charge in [-0.25, -0.2) is 4.68 Å². The minimum absolute atomic E-state index is 0.0870. The second kappa shape index (κ2) is 5.18. The van der Waals surface area contributed by atoms with E-state index in [0.717, 1.165) is 36.6 Å². The van der Waals surface area contributed by atoms with Gasteiger partial charge in [-0.3, -0.25) is 0 Å². The molecule has 1 aromatic heterocycles. The van der Waals surface area contributed by atoms with E-state index in [1.54, 1.807) is 12.3 Å². The lowest BCUT2D eigenvalue weighted by atomic mass is 9.87. The van der Waals surface area contributed by atoms with Crippen LogP contribution in [0.4, 0.5) is 13.2 Å². The number of aromatic nitrogens is 2. The molecule has 1 atom stereocenters. The molecule has 0 aliphatic heterocycles. The minimum atomic E-state index is -4.39. The highest BCUT2D eigenvalue weighted by molar-refractivity contribution is 5.45. The predicted octanol–water partition coefficient (Wildman–Crippen LogP) is 3.27. The van der Waals surface area contributed by atoms with Gasteiger partial charge in [0.1, 0.15) is 0 Å². The molecular weight excluding hydrogens is 279 g/mol. The third kappa shape index (κ3) is 2.44. The predicted molar refractivity (Wildman–Crippen MR) is 73.3 cm³/mol. The summed E-state index contributed by atoms with van der Waals surface area (Å²) >= 11 is 0. The summed E-state index contributed by atoms with van der Waals surface area (Å²) in [5.41, 5.74) is 7.02. The van der Waals surface area contributed by atoms with E-state index < -0.39 is 11.7 Å². The third-order valence-electron chi connectivity index (χ3n) is 4.03. The van der Waals surface area contributed by atoms with Gasteiger partial charge in [0.15, 0.2) is 0 Å². The number of rotatable bonds is 2. The minimum Gasteiger partial charge on any atom is -0.330 e. The lowest BCUT2D eigenvalue weighted by Gasteiger charge is -2.22. The highest BCUT2D eigenvalue weighted by Gasteiger charge is 2.35. The van der Waals surface area contributed by atoms with Crippen molar-refractivity contribution in [2.45, 2.75) is 31.4 Å². The number of hydrogen-bond donors (Lipinski definition) is 1. The van der Waals surface area contributed by atoms with Crippen LogP contribution in [0.15, 0.2) is 30.5 Å². The van der Waals surface area contributed by atoms with E-state index in [1.165, 1.54) is 16.8 Å². The highest BCUT2D eigenvalue weighted by Crippen LogP contribution is 2.37. The number of para-hydroxylation sites is 1. The molecule has 0 saturated heterocycles. The molecule has 3 nitrogen and oxygen atoms in total. The fourth-order valence-corrected chi connectivity index (χ4v) is 3.00. The van der Waals surface area contributed by atoms with Gasteiger partial charge in [0.2, 0.25) is 0 Å². The number of fused-ring (bicyclic) bond motifs is 1. The molecule has 0 radical (unpaired) electrons. The molecule has 6 heteroatoms. The first kappa shape index (κ1) is 14.1. The lowest BCUT2D eigenvalue weighted by Crippen LogP contribution is -2.19. The fourth-order valence-electron chi connectivity index (χ4n) is 3.00. The summed E-state index contributed by atoms with van der Waals surface area (Å²) < 4.78 is 40.9. The maximum absolute atomic E-state index is 13.2. The number of hydrogen-bond acceptors (Lipinski definition) is 2. The molecule has 1 heterocycles. The maximum atomic E-state index is 13.2.